The van der Waals surface area contributed by atoms with Crippen LogP contribution in [0.1, 0.15) is 65.7 Å². The third kappa shape index (κ3) is 7.83. The Bertz CT molecular complexity index is 165. The van der Waals surface area contributed by atoms with Crippen LogP contribution in [0.2, 0.25) is 0 Å². The Hall–Kier alpha value is -0.0500. The Kier molecular flexibility index (Phi) is 8.12. The second-order valence-corrected chi connectivity index (χ2v) is 5.98. The van der Waals surface area contributed by atoms with Gasteiger partial charge in [0.25, 0.3) is 0 Å². The maximum absolute atomic E-state index is 10.6. The van der Waals surface area contributed by atoms with E-state index in [9.17, 15) is 4.91 Å². The maximum Gasteiger partial charge on any atom is 0.106 e. The predicted octanol–water partition coefficient (Wildman–Crippen LogP) is 4.58. The second-order valence-electron chi connectivity index (χ2n) is 4.83. The minimum absolute atomic E-state index is 0.146. The highest BCUT2D eigenvalue weighted by molar-refractivity contribution is 7.81. The van der Waals surface area contributed by atoms with Crippen LogP contribution in [0.25, 0.3) is 0 Å². The molecule has 0 aromatic carbocycles. The summed E-state index contributed by atoms with van der Waals surface area (Å²) in [5.41, 5.74) is 0. The molecule has 0 amide bonds. The van der Waals surface area contributed by atoms with E-state index in [1.807, 2.05) is 13.8 Å². The highest BCUT2D eigenvalue weighted by Gasteiger charge is 2.25. The van der Waals surface area contributed by atoms with Gasteiger partial charge in [-0.25, -0.2) is 0 Å². The zero-order chi connectivity index (χ0) is 11.7. The quantitative estimate of drug-likeness (QED) is 0.351. The van der Waals surface area contributed by atoms with E-state index in [1.54, 1.807) is 0 Å². The first-order valence-electron chi connectivity index (χ1n) is 6.07. The number of hydrogen-bond acceptors (Lipinski definition) is 3. The fourth-order valence-corrected chi connectivity index (χ4v) is 1.83. The van der Waals surface area contributed by atoms with Gasteiger partial charge in [0, 0.05) is 4.75 Å². The molecule has 3 heteroatoms. The van der Waals surface area contributed by atoms with E-state index in [1.165, 1.54) is 32.1 Å². The molecule has 0 bridgehead atoms. The Morgan fingerprint density at radius 2 is 1.67 bits per heavy atom. The number of hydrogen-bond donors (Lipinski definition) is 1. The van der Waals surface area contributed by atoms with Crippen molar-refractivity contribution in [3.63, 3.8) is 0 Å². The van der Waals surface area contributed by atoms with E-state index in [-0.39, 0.29) is 10.8 Å². The Morgan fingerprint density at radius 1 is 1.13 bits per heavy atom. The lowest BCUT2D eigenvalue weighted by atomic mass is 9.97. The van der Waals surface area contributed by atoms with E-state index in [2.05, 4.69) is 24.7 Å². The van der Waals surface area contributed by atoms with Gasteiger partial charge >= 0.3 is 0 Å². The highest BCUT2D eigenvalue weighted by atomic mass is 32.1. The molecule has 15 heavy (non-hydrogen) atoms. The molecular weight excluding hydrogens is 206 g/mol. The normalized spacial score (nSPS) is 13.9. The lowest BCUT2D eigenvalue weighted by Gasteiger charge is -2.23. The van der Waals surface area contributed by atoms with Gasteiger partial charge in [-0.2, -0.15) is 17.5 Å². The van der Waals surface area contributed by atoms with Crippen molar-refractivity contribution >= 4 is 12.6 Å². The third-order valence-electron chi connectivity index (χ3n) is 2.77. The van der Waals surface area contributed by atoms with E-state index in [0.717, 1.165) is 12.8 Å². The molecule has 0 N–H and O–H groups in total. The monoisotopic (exact) mass is 231 g/mol. The smallest absolute Gasteiger partial charge is 0.106 e. The summed E-state index contributed by atoms with van der Waals surface area (Å²) in [5.74, 6) is 0. The molecule has 0 aliphatic heterocycles. The number of unbranched alkanes of at least 4 members (excludes halogenated alkanes) is 5. The van der Waals surface area contributed by atoms with Crippen LogP contribution < -0.4 is 0 Å². The molecule has 2 nitrogen and oxygen atoms in total. The van der Waals surface area contributed by atoms with E-state index >= 15 is 0 Å². The van der Waals surface area contributed by atoms with Crippen molar-refractivity contribution < 1.29 is 0 Å². The zero-order valence-electron chi connectivity index (χ0n) is 10.3. The molecule has 0 aromatic rings. The zero-order valence-corrected chi connectivity index (χ0v) is 11.2. The largest absolute Gasteiger partial charge is 0.171 e. The molecule has 0 rings (SSSR count). The number of nitroso groups, excluding NO2 is 1. The molecule has 90 valence electrons. The molecule has 0 saturated carbocycles. The lowest BCUT2D eigenvalue weighted by Crippen LogP contribution is -2.28. The van der Waals surface area contributed by atoms with Gasteiger partial charge < -0.3 is 0 Å². The number of rotatable bonds is 9. The summed E-state index contributed by atoms with van der Waals surface area (Å²) in [6.45, 7) is 6.13. The van der Waals surface area contributed by atoms with Crippen LogP contribution in [0.15, 0.2) is 5.18 Å². The van der Waals surface area contributed by atoms with Gasteiger partial charge in [-0.15, -0.1) is 0 Å². The number of nitrogens with zero attached hydrogens (tertiary/aromatic N) is 1. The van der Waals surface area contributed by atoms with Gasteiger partial charge in [-0.3, -0.25) is 0 Å². The average Bonchev–Trinajstić information content (AvgIpc) is 2.15. The van der Waals surface area contributed by atoms with Crippen molar-refractivity contribution in [2.75, 3.05) is 0 Å². The van der Waals surface area contributed by atoms with E-state index < -0.39 is 0 Å². The molecular formula is C12H25NOS. The third-order valence-corrected chi connectivity index (χ3v) is 3.07. The summed E-state index contributed by atoms with van der Waals surface area (Å²) in [7, 11) is 0. The lowest BCUT2D eigenvalue weighted by molar-refractivity contribution is 0.472. The van der Waals surface area contributed by atoms with Gasteiger partial charge in [-0.05, 0) is 20.3 Å². The molecule has 0 radical (unpaired) electrons. The van der Waals surface area contributed by atoms with Crippen LogP contribution in [0.5, 0.6) is 0 Å². The van der Waals surface area contributed by atoms with Crippen molar-refractivity contribution in [1.82, 2.24) is 0 Å². The van der Waals surface area contributed by atoms with Crippen molar-refractivity contribution in [1.29, 1.82) is 0 Å². The Morgan fingerprint density at radius 3 is 2.13 bits per heavy atom. The molecule has 1 atom stereocenters. The van der Waals surface area contributed by atoms with Crippen molar-refractivity contribution in [3.05, 3.63) is 4.91 Å². The first-order chi connectivity index (χ1) is 7.02. The summed E-state index contributed by atoms with van der Waals surface area (Å²) in [4.78, 5) is 10.6. The van der Waals surface area contributed by atoms with Gasteiger partial charge in [0.1, 0.15) is 6.04 Å². The van der Waals surface area contributed by atoms with Crippen molar-refractivity contribution in [3.8, 4) is 0 Å². The van der Waals surface area contributed by atoms with Crippen LogP contribution in [-0.4, -0.2) is 10.8 Å². The summed E-state index contributed by atoms with van der Waals surface area (Å²) < 4.78 is -0.273. The van der Waals surface area contributed by atoms with Crippen molar-refractivity contribution in [2.24, 2.45) is 5.18 Å². The minimum Gasteiger partial charge on any atom is -0.171 e. The maximum atomic E-state index is 10.6. The molecule has 0 spiro atoms. The van der Waals surface area contributed by atoms with Gasteiger partial charge in [0.05, 0.1) is 0 Å². The summed E-state index contributed by atoms with van der Waals surface area (Å²) in [6, 6.07) is -0.146. The van der Waals surface area contributed by atoms with Gasteiger partial charge in [0.2, 0.25) is 0 Å². The van der Waals surface area contributed by atoms with Crippen molar-refractivity contribution in [2.45, 2.75) is 76.5 Å². The minimum atomic E-state index is -0.273. The van der Waals surface area contributed by atoms with E-state index in [0.29, 0.717) is 0 Å². The standard InChI is InChI=1S/C12H25NOS/c1-4-5-6-7-8-9-10-11(13-14)12(2,3)15/h11,15H,4-10H2,1-3H3. The van der Waals surface area contributed by atoms with Crippen LogP contribution in [-0.2, 0) is 0 Å². The average molecular weight is 231 g/mol. The SMILES string of the molecule is CCCCCCCCC(N=O)C(C)(C)S. The van der Waals surface area contributed by atoms with E-state index in [4.69, 9.17) is 0 Å². The predicted molar refractivity (Wildman–Crippen MR) is 70.6 cm³/mol. The van der Waals surface area contributed by atoms with Crippen LogP contribution in [0, 0.1) is 4.91 Å². The molecule has 0 aliphatic carbocycles. The second kappa shape index (κ2) is 8.14. The summed E-state index contributed by atoms with van der Waals surface area (Å²) >= 11 is 4.39. The van der Waals surface area contributed by atoms with Gasteiger partial charge in [-0.1, -0.05) is 50.6 Å². The molecule has 0 fully saturated rings. The first kappa shape index (κ1) is 14.9. The first-order valence-corrected chi connectivity index (χ1v) is 6.52. The highest BCUT2D eigenvalue weighted by Crippen LogP contribution is 2.25. The molecule has 0 aliphatic rings. The van der Waals surface area contributed by atoms with Crippen LogP contribution >= 0.6 is 12.6 Å². The van der Waals surface area contributed by atoms with Gasteiger partial charge in [0.15, 0.2) is 0 Å². The number of thiol groups is 1. The molecule has 1 unspecified atom stereocenters. The summed E-state index contributed by atoms with van der Waals surface area (Å²) in [5, 5.41) is 3.17. The molecule has 0 saturated heterocycles. The fraction of sp³-hybridized carbons (Fsp3) is 1.00. The Labute approximate surface area is 99.6 Å². The molecule has 0 heterocycles. The fourth-order valence-electron chi connectivity index (χ4n) is 1.65. The topological polar surface area (TPSA) is 29.4 Å². The molecule has 0 aromatic heterocycles. The Balaban J connectivity index is 3.52. The summed E-state index contributed by atoms with van der Waals surface area (Å²) in [6.07, 6.45) is 8.41. The van der Waals surface area contributed by atoms with Crippen LogP contribution in [0.3, 0.4) is 0 Å². The van der Waals surface area contributed by atoms with Crippen LogP contribution in [0.4, 0.5) is 0 Å².